The number of amides is 1. The van der Waals surface area contributed by atoms with Gasteiger partial charge in [-0.3, -0.25) is 9.48 Å². The maximum atomic E-state index is 12.1. The lowest BCUT2D eigenvalue weighted by Gasteiger charge is -2.08. The van der Waals surface area contributed by atoms with Crippen molar-refractivity contribution in [1.82, 2.24) is 9.78 Å². The fourth-order valence-electron chi connectivity index (χ4n) is 2.44. The molecule has 8 heteroatoms. The molecule has 140 valence electrons. The van der Waals surface area contributed by atoms with Crippen LogP contribution in [0.2, 0.25) is 15.1 Å². The first-order valence-electron chi connectivity index (χ1n) is 8.08. The number of nitrogens with zero attached hydrogens (tertiary/aromatic N) is 2. The highest BCUT2D eigenvalue weighted by Crippen LogP contribution is 2.27. The third-order valence-corrected chi connectivity index (χ3v) is 4.79. The molecule has 0 atom stereocenters. The number of hydrogen-bond acceptors (Lipinski definition) is 3. The van der Waals surface area contributed by atoms with Crippen LogP contribution in [0.4, 0.5) is 5.82 Å². The first-order chi connectivity index (χ1) is 12.9. The number of ether oxygens (including phenoxy) is 1. The summed E-state index contributed by atoms with van der Waals surface area (Å²) in [6.45, 7) is 2.09. The van der Waals surface area contributed by atoms with Crippen molar-refractivity contribution >= 4 is 46.5 Å². The average Bonchev–Trinajstić information content (AvgIpc) is 2.97. The Morgan fingerprint density at radius 3 is 2.48 bits per heavy atom. The summed E-state index contributed by atoms with van der Waals surface area (Å²) in [5, 5.41) is 8.30. The fraction of sp³-hybridized carbons (Fsp3) is 0.158. The van der Waals surface area contributed by atoms with Crippen LogP contribution < -0.4 is 10.1 Å². The van der Waals surface area contributed by atoms with E-state index in [0.29, 0.717) is 27.4 Å². The Morgan fingerprint density at radius 2 is 1.78 bits per heavy atom. The van der Waals surface area contributed by atoms with Gasteiger partial charge in [0.2, 0.25) is 0 Å². The molecule has 3 aromatic rings. The van der Waals surface area contributed by atoms with Gasteiger partial charge in [0.05, 0.1) is 6.54 Å². The number of carbonyl (C=O) groups is 1. The number of benzene rings is 2. The second-order valence-corrected chi connectivity index (χ2v) is 7.05. The van der Waals surface area contributed by atoms with Crippen LogP contribution in [-0.4, -0.2) is 22.3 Å². The van der Waals surface area contributed by atoms with Gasteiger partial charge in [0.15, 0.2) is 12.4 Å². The summed E-state index contributed by atoms with van der Waals surface area (Å²) >= 11 is 18.5. The van der Waals surface area contributed by atoms with Gasteiger partial charge in [-0.2, -0.15) is 5.10 Å². The minimum Gasteiger partial charge on any atom is -0.483 e. The summed E-state index contributed by atoms with van der Waals surface area (Å²) in [4.78, 5) is 12.1. The van der Waals surface area contributed by atoms with Crippen molar-refractivity contribution in [2.24, 2.45) is 0 Å². The van der Waals surface area contributed by atoms with Gasteiger partial charge >= 0.3 is 0 Å². The van der Waals surface area contributed by atoms with Crippen molar-refractivity contribution in [2.45, 2.75) is 13.5 Å². The van der Waals surface area contributed by atoms with Crippen molar-refractivity contribution in [2.75, 3.05) is 11.9 Å². The first kappa shape index (κ1) is 19.5. The standard InChI is InChI=1S/C19H16Cl3N3O2/c1-12-5-2-3-8-17(12)27-11-18(26)23-19-16(22)10-25(24-19)9-13-14(20)6-4-7-15(13)21/h2-8,10H,9,11H2,1H3,(H,23,24,26). The highest BCUT2D eigenvalue weighted by Gasteiger charge is 2.14. The Hall–Kier alpha value is -2.21. The summed E-state index contributed by atoms with van der Waals surface area (Å²) in [5.74, 6) is 0.539. The highest BCUT2D eigenvalue weighted by molar-refractivity contribution is 6.36. The van der Waals surface area contributed by atoms with E-state index in [1.54, 1.807) is 35.1 Å². The Balaban J connectivity index is 1.64. The number of rotatable bonds is 6. The van der Waals surface area contributed by atoms with Crippen LogP contribution >= 0.6 is 34.8 Å². The molecule has 0 fully saturated rings. The van der Waals surface area contributed by atoms with Crippen molar-refractivity contribution in [3.63, 3.8) is 0 Å². The van der Waals surface area contributed by atoms with Gasteiger partial charge in [0, 0.05) is 21.8 Å². The van der Waals surface area contributed by atoms with Gasteiger partial charge in [-0.05, 0) is 30.7 Å². The maximum Gasteiger partial charge on any atom is 0.263 e. The number of halogens is 3. The van der Waals surface area contributed by atoms with Gasteiger partial charge in [-0.1, -0.05) is 59.1 Å². The Morgan fingerprint density at radius 1 is 1.07 bits per heavy atom. The average molecular weight is 425 g/mol. The van der Waals surface area contributed by atoms with Crippen LogP contribution in [0.15, 0.2) is 48.7 Å². The van der Waals surface area contributed by atoms with Crippen LogP contribution in [0.3, 0.4) is 0 Å². The molecule has 1 N–H and O–H groups in total. The Bertz CT molecular complexity index is 952. The molecule has 0 spiro atoms. The number of carbonyl (C=O) groups excluding carboxylic acids is 1. The van der Waals surface area contributed by atoms with Crippen molar-refractivity contribution in [1.29, 1.82) is 0 Å². The molecule has 27 heavy (non-hydrogen) atoms. The molecule has 0 bridgehead atoms. The number of para-hydroxylation sites is 1. The molecular weight excluding hydrogens is 409 g/mol. The third kappa shape index (κ3) is 4.95. The summed E-state index contributed by atoms with van der Waals surface area (Å²) in [6, 6.07) is 12.7. The van der Waals surface area contributed by atoms with Gasteiger partial charge < -0.3 is 10.1 Å². The predicted octanol–water partition coefficient (Wildman–Crippen LogP) is 5.22. The van der Waals surface area contributed by atoms with Crippen LogP contribution in [-0.2, 0) is 11.3 Å². The molecule has 1 aromatic heterocycles. The van der Waals surface area contributed by atoms with E-state index in [1.165, 1.54) is 0 Å². The summed E-state index contributed by atoms with van der Waals surface area (Å²) < 4.78 is 7.08. The van der Waals surface area contributed by atoms with Crippen LogP contribution in [0.5, 0.6) is 5.75 Å². The van der Waals surface area contributed by atoms with E-state index in [1.807, 2.05) is 25.1 Å². The molecule has 0 saturated carbocycles. The van der Waals surface area contributed by atoms with Crippen molar-refractivity contribution in [3.05, 3.63) is 74.9 Å². The molecule has 0 aliphatic heterocycles. The van der Waals surface area contributed by atoms with E-state index in [-0.39, 0.29) is 18.3 Å². The lowest BCUT2D eigenvalue weighted by molar-refractivity contribution is -0.118. The lowest BCUT2D eigenvalue weighted by atomic mass is 10.2. The Kier molecular flexibility index (Phi) is 6.26. The minimum absolute atomic E-state index is 0.148. The summed E-state index contributed by atoms with van der Waals surface area (Å²) in [7, 11) is 0. The monoisotopic (exact) mass is 423 g/mol. The predicted molar refractivity (Wildman–Crippen MR) is 108 cm³/mol. The van der Waals surface area contributed by atoms with Crippen molar-refractivity contribution in [3.8, 4) is 5.75 Å². The SMILES string of the molecule is Cc1ccccc1OCC(=O)Nc1nn(Cc2c(Cl)cccc2Cl)cc1Cl. The first-order valence-corrected chi connectivity index (χ1v) is 9.21. The van der Waals surface area contributed by atoms with Crippen LogP contribution in [0, 0.1) is 6.92 Å². The van der Waals surface area contributed by atoms with Gasteiger partial charge in [-0.25, -0.2) is 0 Å². The zero-order valence-corrected chi connectivity index (χ0v) is 16.6. The van der Waals surface area contributed by atoms with Crippen LogP contribution in [0.1, 0.15) is 11.1 Å². The molecule has 0 saturated heterocycles. The van der Waals surface area contributed by atoms with E-state index in [0.717, 1.165) is 11.1 Å². The second-order valence-electron chi connectivity index (χ2n) is 5.83. The second kappa shape index (κ2) is 8.65. The number of aryl methyl sites for hydroxylation is 1. The van der Waals surface area contributed by atoms with E-state index in [4.69, 9.17) is 39.5 Å². The van der Waals surface area contributed by atoms with Gasteiger partial charge in [0.25, 0.3) is 5.91 Å². The number of hydrogen-bond donors (Lipinski definition) is 1. The summed E-state index contributed by atoms with van der Waals surface area (Å²) in [6.07, 6.45) is 1.60. The van der Waals surface area contributed by atoms with Gasteiger partial charge in [0.1, 0.15) is 10.8 Å². The zero-order valence-electron chi connectivity index (χ0n) is 14.4. The molecule has 0 radical (unpaired) electrons. The normalized spacial score (nSPS) is 10.7. The van der Waals surface area contributed by atoms with E-state index in [2.05, 4.69) is 10.4 Å². The third-order valence-electron chi connectivity index (χ3n) is 3.81. The molecule has 1 amide bonds. The lowest BCUT2D eigenvalue weighted by Crippen LogP contribution is -2.21. The molecule has 3 rings (SSSR count). The van der Waals surface area contributed by atoms with Crippen LogP contribution in [0.25, 0.3) is 0 Å². The molecule has 0 aliphatic rings. The van der Waals surface area contributed by atoms with E-state index >= 15 is 0 Å². The molecule has 2 aromatic carbocycles. The zero-order chi connectivity index (χ0) is 19.4. The quantitative estimate of drug-likeness (QED) is 0.590. The Labute approximate surface area is 171 Å². The minimum atomic E-state index is -0.360. The molecular formula is C19H16Cl3N3O2. The number of anilines is 1. The summed E-state index contributed by atoms with van der Waals surface area (Å²) in [5.41, 5.74) is 1.67. The highest BCUT2D eigenvalue weighted by atomic mass is 35.5. The molecule has 1 heterocycles. The van der Waals surface area contributed by atoms with E-state index in [9.17, 15) is 4.79 Å². The molecule has 0 aliphatic carbocycles. The topological polar surface area (TPSA) is 56.1 Å². The molecule has 5 nitrogen and oxygen atoms in total. The fourth-order valence-corrected chi connectivity index (χ4v) is 3.15. The number of aromatic nitrogens is 2. The smallest absolute Gasteiger partial charge is 0.263 e. The molecule has 0 unspecified atom stereocenters. The van der Waals surface area contributed by atoms with Gasteiger partial charge in [-0.15, -0.1) is 0 Å². The van der Waals surface area contributed by atoms with E-state index < -0.39 is 0 Å². The number of nitrogens with one attached hydrogen (secondary N) is 1. The largest absolute Gasteiger partial charge is 0.483 e. The van der Waals surface area contributed by atoms with Crippen molar-refractivity contribution < 1.29 is 9.53 Å². The maximum absolute atomic E-state index is 12.1.